The van der Waals surface area contributed by atoms with Crippen LogP contribution in [0.2, 0.25) is 0 Å². The summed E-state index contributed by atoms with van der Waals surface area (Å²) in [4.78, 5) is 33.6. The number of methoxy groups -OCH3 is 9. The molecule has 18 nitrogen and oxygen atoms in total. The molecule has 0 fully saturated rings. The van der Waals surface area contributed by atoms with Gasteiger partial charge >= 0.3 is 5.97 Å². The average Bonchev–Trinajstić information content (AvgIpc) is 0.930. The molecule has 0 aliphatic heterocycles. The molecular formula is C82H166N8O10S7. The molecule has 0 spiro atoms. The number of ether oxygens (including phenoxy) is 9. The zero-order valence-electron chi connectivity index (χ0n) is 74.7. The summed E-state index contributed by atoms with van der Waals surface area (Å²) in [5.41, 5.74) is 3.69. The second-order valence-electron chi connectivity index (χ2n) is 19.8. The number of nitrogens with one attached hydrogen (secondary N) is 2. The van der Waals surface area contributed by atoms with Gasteiger partial charge in [0.1, 0.15) is 6.79 Å². The van der Waals surface area contributed by atoms with Crippen LogP contribution < -0.4 is 20.1 Å². The fraction of sp³-hybridized carbons (Fsp3) is 0.659. The predicted octanol–water partition coefficient (Wildman–Crippen LogP) is 21.4. The van der Waals surface area contributed by atoms with Gasteiger partial charge < -0.3 is 58.2 Å². The number of carbonyl (C=O) groups is 1. The van der Waals surface area contributed by atoms with Crippen molar-refractivity contribution in [2.75, 3.05) is 228 Å². The van der Waals surface area contributed by atoms with Crippen molar-refractivity contribution >= 4 is 118 Å². The van der Waals surface area contributed by atoms with Crippen LogP contribution >= 0.6 is 82.3 Å². The number of hydrogen-bond donors (Lipinski definition) is 2. The fourth-order valence-corrected chi connectivity index (χ4v) is 9.29. The van der Waals surface area contributed by atoms with Crippen LogP contribution in [0.1, 0.15) is 133 Å². The van der Waals surface area contributed by atoms with Crippen LogP contribution in [0.25, 0.3) is 0 Å². The highest BCUT2D eigenvalue weighted by molar-refractivity contribution is 8.15. The Morgan fingerprint density at radius 3 is 1.04 bits per heavy atom. The molecule has 0 bridgehead atoms. The highest BCUT2D eigenvalue weighted by atomic mass is 32.2. The number of thioether (sulfide) groups is 7. The minimum absolute atomic E-state index is 0.157. The first-order valence-electron chi connectivity index (χ1n) is 35.9. The standard InChI is InChI=1S/C8H10N2.C8H10O2.C8H10S2.C6H14.C6H10.C5H12.C5H10.C4H10N2.C4H12N2.C4H10O2.C4H8O2.C4H10O.C4H10S2.C3H7NO.C3H7NS.C3H8O2.C3H8S2/c3*1-9-7-5-3-4-6-8(7)10-2;2*1-3-5-6-4-2;2*1-3-5-4-2;1-5-4-6(2)3;2*1-5-3-4-6-2;1-3-4(5)6-2;1-3-4-5-2;1-5-3-4-6-2;4*1-4-3-5-2/h3*3-6H,1-2H3;3-6H2,1-2H3;3-6H,1-2H3;3-5H2,1-2H3;3,5H,4H2,1-2H3;4H,1-3H3;5-6H,3-4H2,1-2H3;3-4H2,1-2H3;3H2,1-2H3;3-4H2,1-2H3;3-4H2,1-2H3;2*3H,1-2H3;2*3H2,1-2H3/b;;;;5-3-,6-4-;;5-3-;;;;;;;;;;. The molecule has 0 aromatic heterocycles. The Bertz CT molecular complexity index is 1890. The number of hydrogen-bond acceptors (Lipinski definition) is 24. The molecule has 2 aromatic rings. The number of carbonyl (C=O) groups excluding carboxylic acids is 1. The molecule has 2 N–H and O–H groups in total. The Labute approximate surface area is 692 Å². The summed E-state index contributed by atoms with van der Waals surface area (Å²) >= 11 is 12.7. The van der Waals surface area contributed by atoms with Crippen LogP contribution in [0.4, 0.5) is 0 Å². The van der Waals surface area contributed by atoms with Crippen molar-refractivity contribution in [3.05, 3.63) is 109 Å². The molecule has 0 saturated heterocycles. The summed E-state index contributed by atoms with van der Waals surface area (Å²) in [6.07, 6.45) is 50.2. The van der Waals surface area contributed by atoms with Crippen LogP contribution in [0.3, 0.4) is 0 Å². The maximum Gasteiger partial charge on any atom is 0.305 e. The molecule has 0 amide bonds. The smallest absolute Gasteiger partial charge is 0.305 e. The van der Waals surface area contributed by atoms with Crippen LogP contribution in [0.15, 0.2) is 144 Å². The summed E-state index contributed by atoms with van der Waals surface area (Å²) in [5.74, 6) is 3.97. The molecule has 1 aliphatic carbocycles. The van der Waals surface area contributed by atoms with Gasteiger partial charge in [-0.05, 0) is 128 Å². The Morgan fingerprint density at radius 2 is 0.907 bits per heavy atom. The highest BCUT2D eigenvalue weighted by Gasteiger charge is 2.01. The van der Waals surface area contributed by atoms with Crippen LogP contribution in [-0.4, -0.2) is 268 Å². The molecule has 3 rings (SSSR count). The Hall–Kier alpha value is -3.67. The van der Waals surface area contributed by atoms with E-state index in [1.165, 1.54) is 84.8 Å². The molecule has 0 radical (unpaired) electrons. The maximum atomic E-state index is 9.96. The van der Waals surface area contributed by atoms with Crippen LogP contribution in [0.5, 0.6) is 11.5 Å². The van der Waals surface area contributed by atoms with Gasteiger partial charge in [0, 0.05) is 137 Å². The SMILES string of the molecule is C/C=C\C=C/C.C/C=C\CC.CCC(=O)OC.CCCCC.CCCCCC.CCCOC.CN=C1C=CC=CC1=NC.CN=CN(C)C.CN=COC.CN=CSC.CNCCNC.COCCOC.COCOC.COc1ccccc1OC.CSCCSC.CSCSC.CSc1ccccc1SC. The predicted molar refractivity (Wildman–Crippen MR) is 505 cm³/mol. The third-order valence-electron chi connectivity index (χ3n) is 10.3. The van der Waals surface area contributed by atoms with E-state index in [0.29, 0.717) is 26.4 Å². The second kappa shape index (κ2) is 151. The average molecular weight is 1650 g/mol. The summed E-state index contributed by atoms with van der Waals surface area (Å²) in [7, 11) is 30.8. The van der Waals surface area contributed by atoms with E-state index >= 15 is 0 Å². The molecule has 0 atom stereocenters. The highest BCUT2D eigenvalue weighted by Crippen LogP contribution is 2.27. The van der Waals surface area contributed by atoms with Gasteiger partial charge in [0.05, 0.1) is 65.0 Å². The molecule has 2 aromatic carbocycles. The molecule has 0 saturated carbocycles. The lowest BCUT2D eigenvalue weighted by molar-refractivity contribution is -0.140. The van der Waals surface area contributed by atoms with Gasteiger partial charge in [-0.3, -0.25) is 29.8 Å². The molecular weight excluding hydrogens is 1480 g/mol. The number of esters is 1. The maximum absolute atomic E-state index is 9.96. The number of para-hydroxylation sites is 2. The van der Waals surface area contributed by atoms with Crippen molar-refractivity contribution in [2.24, 2.45) is 25.0 Å². The number of benzene rings is 2. The number of allylic oxidation sites excluding steroid dienone is 10. The minimum atomic E-state index is -0.157. The lowest BCUT2D eigenvalue weighted by Crippen LogP contribution is -2.21. The zero-order chi connectivity index (χ0) is 85.2. The molecule has 1 aliphatic rings. The van der Waals surface area contributed by atoms with Crippen molar-refractivity contribution in [1.29, 1.82) is 0 Å². The van der Waals surface area contributed by atoms with Gasteiger partial charge in [0.2, 0.25) is 0 Å². The Kier molecular flexibility index (Phi) is 192. The summed E-state index contributed by atoms with van der Waals surface area (Å²) < 4.78 is 41.6. The first-order valence-corrected chi connectivity index (χ1v) is 45.2. The molecule has 0 heterocycles. The molecule has 25 heteroatoms. The van der Waals surface area contributed by atoms with Gasteiger partial charge in [0.15, 0.2) is 17.9 Å². The van der Waals surface area contributed by atoms with Gasteiger partial charge in [-0.1, -0.05) is 166 Å². The van der Waals surface area contributed by atoms with Gasteiger partial charge in [0.25, 0.3) is 0 Å². The summed E-state index contributed by atoms with van der Waals surface area (Å²) in [5, 5.41) is 7.23. The van der Waals surface area contributed by atoms with E-state index in [1.54, 1.807) is 146 Å². The minimum Gasteiger partial charge on any atom is -0.493 e. The summed E-state index contributed by atoms with van der Waals surface area (Å²) in [6, 6.07) is 16.0. The first-order chi connectivity index (χ1) is 51.7. The second-order valence-corrected chi connectivity index (χ2v) is 26.2. The number of rotatable bonds is 30. The molecule has 0 unspecified atom stereocenters. The topological polar surface area (TPSA) is 189 Å². The number of aliphatic imine (C=N–C) groups is 5. The van der Waals surface area contributed by atoms with E-state index in [1.807, 2.05) is 180 Å². The van der Waals surface area contributed by atoms with Crippen molar-refractivity contribution < 1.29 is 47.4 Å². The van der Waals surface area contributed by atoms with E-state index in [4.69, 9.17) is 14.2 Å². The van der Waals surface area contributed by atoms with E-state index in [0.717, 1.165) is 55.5 Å². The number of nitrogens with zero attached hydrogens (tertiary/aromatic N) is 6. The van der Waals surface area contributed by atoms with Gasteiger partial charge in [-0.2, -0.15) is 47.0 Å². The van der Waals surface area contributed by atoms with E-state index in [-0.39, 0.29) is 5.97 Å². The van der Waals surface area contributed by atoms with Crippen LogP contribution in [-0.2, 0) is 38.0 Å². The normalized spacial score (nSPS) is 10.6. The van der Waals surface area contributed by atoms with Crippen molar-refractivity contribution in [3.8, 4) is 11.5 Å². The van der Waals surface area contributed by atoms with E-state index < -0.39 is 0 Å². The lowest BCUT2D eigenvalue weighted by Gasteiger charge is -2.04. The summed E-state index contributed by atoms with van der Waals surface area (Å²) in [6.45, 7) is 25.6. The van der Waals surface area contributed by atoms with Gasteiger partial charge in [-0.25, -0.2) is 0 Å². The zero-order valence-corrected chi connectivity index (χ0v) is 80.4. The lowest BCUT2D eigenvalue weighted by atomic mass is 10.1. The number of likely N-dealkylation sites (N-methyl/N-ethyl adjacent to an activating group) is 2. The van der Waals surface area contributed by atoms with Crippen molar-refractivity contribution in [3.63, 3.8) is 0 Å². The Balaban J connectivity index is -0.0000000721. The fourth-order valence-electron chi connectivity index (χ4n) is 5.34. The van der Waals surface area contributed by atoms with E-state index in [9.17, 15) is 4.79 Å². The molecule has 107 heavy (non-hydrogen) atoms. The number of unbranched alkanes of at least 4 members (excludes halogenated alkanes) is 5. The third kappa shape index (κ3) is 172. The monoisotopic (exact) mass is 1650 g/mol. The first kappa shape index (κ1) is 136. The van der Waals surface area contributed by atoms with Crippen LogP contribution in [0, 0.1) is 0 Å². The molecule has 636 valence electrons. The third-order valence-corrected chi connectivity index (χ3v) is 15.9. The van der Waals surface area contributed by atoms with Crippen molar-refractivity contribution in [1.82, 2.24) is 15.5 Å². The Morgan fingerprint density at radius 1 is 0.505 bits per heavy atom. The van der Waals surface area contributed by atoms with Gasteiger partial charge in [-0.15, -0.1) is 35.3 Å². The largest absolute Gasteiger partial charge is 0.493 e. The van der Waals surface area contributed by atoms with E-state index in [2.05, 4.69) is 180 Å². The van der Waals surface area contributed by atoms with Crippen molar-refractivity contribution in [2.45, 2.75) is 143 Å². The quantitative estimate of drug-likeness (QED) is 0.00864.